The number of carbonyl (C=O) groups excluding carboxylic acids is 1. The third-order valence-electron chi connectivity index (χ3n) is 5.18. The van der Waals surface area contributed by atoms with E-state index in [0.717, 1.165) is 50.8 Å². The van der Waals surface area contributed by atoms with E-state index in [2.05, 4.69) is 27.6 Å². The maximum absolute atomic E-state index is 12.9. The van der Waals surface area contributed by atoms with Crippen molar-refractivity contribution in [3.8, 4) is 6.07 Å². The number of hydrazine groups is 1. The summed E-state index contributed by atoms with van der Waals surface area (Å²) in [7, 11) is 0. The molecule has 36 heavy (non-hydrogen) atoms. The maximum Gasteiger partial charge on any atom is 0.490 e. The minimum atomic E-state index is -5.08. The predicted molar refractivity (Wildman–Crippen MR) is 126 cm³/mol. The van der Waals surface area contributed by atoms with E-state index in [9.17, 15) is 18.0 Å². The number of nitrogens with zero attached hydrogens (tertiary/aromatic N) is 4. The van der Waals surface area contributed by atoms with Gasteiger partial charge in [0.05, 0.1) is 12.2 Å². The van der Waals surface area contributed by atoms with Crippen molar-refractivity contribution in [3.63, 3.8) is 0 Å². The van der Waals surface area contributed by atoms with Crippen LogP contribution in [0.3, 0.4) is 0 Å². The summed E-state index contributed by atoms with van der Waals surface area (Å²) in [6.07, 6.45) is 1.38. The molecule has 1 amide bonds. The van der Waals surface area contributed by atoms with Gasteiger partial charge in [-0.25, -0.2) is 9.78 Å². The maximum atomic E-state index is 12.9. The molecule has 0 bridgehead atoms. The summed E-state index contributed by atoms with van der Waals surface area (Å²) in [5.41, 5.74) is 4.63. The number of nitriles is 1. The van der Waals surface area contributed by atoms with Gasteiger partial charge in [-0.05, 0) is 43.5 Å². The van der Waals surface area contributed by atoms with Crippen LogP contribution >= 0.6 is 11.6 Å². The van der Waals surface area contributed by atoms with Crippen LogP contribution in [0.1, 0.15) is 60.8 Å². The Morgan fingerprint density at radius 2 is 1.86 bits per heavy atom. The highest BCUT2D eigenvalue weighted by Crippen LogP contribution is 2.30. The number of amides is 1. The standard InChI is InChI=1S/C21H25ClN6O.C2HF3O2/c1-2-11-24-13-15-7-9-16(10-8-15)21(29)27-28(17-5-3-4-6-17)20-18(22)14-25-19(12-23)26-20;3-2(4,5)1(6)7/h7-10,14,17,24H,2-6,11,13H2,1H3,(H,27,29);(H,6,7). The van der Waals surface area contributed by atoms with Gasteiger partial charge in [0.25, 0.3) is 5.91 Å². The van der Waals surface area contributed by atoms with Crippen molar-refractivity contribution in [2.45, 2.75) is 57.8 Å². The Kier molecular flexibility index (Phi) is 10.9. The number of benzene rings is 1. The smallest absolute Gasteiger partial charge is 0.475 e. The molecule has 1 saturated carbocycles. The first-order valence-electron chi connectivity index (χ1n) is 11.2. The molecule has 0 aliphatic heterocycles. The molecule has 1 fully saturated rings. The molecular weight excluding hydrogens is 501 g/mol. The second-order valence-electron chi connectivity index (χ2n) is 7.90. The minimum absolute atomic E-state index is 0.0191. The number of halogens is 4. The summed E-state index contributed by atoms with van der Waals surface area (Å²) in [6.45, 7) is 3.86. The van der Waals surface area contributed by atoms with Crippen molar-refractivity contribution in [2.24, 2.45) is 0 Å². The predicted octanol–water partition coefficient (Wildman–Crippen LogP) is 4.23. The number of alkyl halides is 3. The molecule has 3 N–H and O–H groups in total. The Labute approximate surface area is 211 Å². The van der Waals surface area contributed by atoms with Crippen LogP contribution in [0.15, 0.2) is 30.5 Å². The Balaban J connectivity index is 0.000000572. The molecule has 194 valence electrons. The number of carboxylic acid groups (broad SMARTS) is 1. The molecule has 0 spiro atoms. The van der Waals surface area contributed by atoms with Crippen molar-refractivity contribution < 1.29 is 27.9 Å². The zero-order valence-electron chi connectivity index (χ0n) is 19.5. The van der Waals surface area contributed by atoms with Crippen molar-refractivity contribution in [1.82, 2.24) is 20.7 Å². The van der Waals surface area contributed by atoms with Gasteiger partial charge in [-0.15, -0.1) is 0 Å². The largest absolute Gasteiger partial charge is 0.490 e. The number of anilines is 1. The zero-order chi connectivity index (χ0) is 26.7. The summed E-state index contributed by atoms with van der Waals surface area (Å²) >= 11 is 6.30. The molecule has 0 radical (unpaired) electrons. The van der Waals surface area contributed by atoms with Crippen LogP contribution in [0.5, 0.6) is 0 Å². The number of hydrogen-bond acceptors (Lipinski definition) is 7. The van der Waals surface area contributed by atoms with Gasteiger partial charge < -0.3 is 10.4 Å². The second-order valence-corrected chi connectivity index (χ2v) is 8.31. The summed E-state index contributed by atoms with van der Waals surface area (Å²) in [6, 6.07) is 9.53. The Morgan fingerprint density at radius 1 is 1.25 bits per heavy atom. The van der Waals surface area contributed by atoms with Gasteiger partial charge in [0, 0.05) is 12.1 Å². The molecule has 1 aromatic heterocycles. The number of rotatable bonds is 8. The van der Waals surface area contributed by atoms with Crippen LogP contribution in [-0.2, 0) is 11.3 Å². The summed E-state index contributed by atoms with van der Waals surface area (Å²) < 4.78 is 31.7. The quantitative estimate of drug-likeness (QED) is 0.344. The van der Waals surface area contributed by atoms with Gasteiger partial charge in [0.15, 0.2) is 5.82 Å². The van der Waals surface area contributed by atoms with E-state index in [-0.39, 0.29) is 17.8 Å². The van der Waals surface area contributed by atoms with Gasteiger partial charge in [-0.1, -0.05) is 43.5 Å². The number of carbonyl (C=O) groups is 2. The minimum Gasteiger partial charge on any atom is -0.475 e. The number of aliphatic carboxylic acids is 1. The lowest BCUT2D eigenvalue weighted by atomic mass is 10.1. The molecule has 0 atom stereocenters. The highest BCUT2D eigenvalue weighted by molar-refractivity contribution is 6.32. The van der Waals surface area contributed by atoms with Crippen LogP contribution in [0.4, 0.5) is 19.0 Å². The van der Waals surface area contributed by atoms with Crippen LogP contribution in [-0.4, -0.2) is 45.7 Å². The number of hydrogen-bond donors (Lipinski definition) is 3. The molecule has 1 aliphatic carbocycles. The molecule has 0 unspecified atom stereocenters. The lowest BCUT2D eigenvalue weighted by Gasteiger charge is -2.30. The van der Waals surface area contributed by atoms with Gasteiger partial charge in [-0.3, -0.25) is 15.2 Å². The van der Waals surface area contributed by atoms with Crippen molar-refractivity contribution >= 4 is 29.3 Å². The molecule has 13 heteroatoms. The summed E-state index contributed by atoms with van der Waals surface area (Å²) in [4.78, 5) is 29.9. The van der Waals surface area contributed by atoms with Crippen LogP contribution in [0.25, 0.3) is 0 Å². The van der Waals surface area contributed by atoms with E-state index in [4.69, 9.17) is 26.8 Å². The molecule has 1 heterocycles. The highest BCUT2D eigenvalue weighted by Gasteiger charge is 2.38. The molecule has 1 aliphatic rings. The second kappa shape index (κ2) is 13.6. The Morgan fingerprint density at radius 3 is 2.39 bits per heavy atom. The first-order chi connectivity index (χ1) is 17.1. The van der Waals surface area contributed by atoms with E-state index in [1.807, 2.05) is 30.3 Å². The fourth-order valence-electron chi connectivity index (χ4n) is 3.42. The monoisotopic (exact) mass is 526 g/mol. The van der Waals surface area contributed by atoms with E-state index in [1.165, 1.54) is 6.20 Å². The van der Waals surface area contributed by atoms with Crippen LogP contribution < -0.4 is 15.8 Å². The Hall–Kier alpha value is -3.43. The van der Waals surface area contributed by atoms with Gasteiger partial charge in [0.2, 0.25) is 5.82 Å². The van der Waals surface area contributed by atoms with E-state index in [1.54, 1.807) is 5.01 Å². The molecule has 9 nitrogen and oxygen atoms in total. The topological polar surface area (TPSA) is 131 Å². The normalized spacial score (nSPS) is 13.3. The lowest BCUT2D eigenvalue weighted by molar-refractivity contribution is -0.192. The first-order valence-corrected chi connectivity index (χ1v) is 11.6. The molecule has 0 saturated heterocycles. The third kappa shape index (κ3) is 8.66. The Bertz CT molecular complexity index is 1070. The van der Waals surface area contributed by atoms with Crippen LogP contribution in [0.2, 0.25) is 5.02 Å². The van der Waals surface area contributed by atoms with Gasteiger partial charge in [0.1, 0.15) is 11.1 Å². The molecular formula is C23H26ClF3N6O3. The van der Waals surface area contributed by atoms with E-state index >= 15 is 0 Å². The molecule has 1 aromatic carbocycles. The van der Waals surface area contributed by atoms with Gasteiger partial charge >= 0.3 is 12.1 Å². The fourth-order valence-corrected chi connectivity index (χ4v) is 3.60. The van der Waals surface area contributed by atoms with E-state index < -0.39 is 12.1 Å². The zero-order valence-corrected chi connectivity index (χ0v) is 20.2. The van der Waals surface area contributed by atoms with Crippen molar-refractivity contribution in [1.29, 1.82) is 5.26 Å². The first kappa shape index (κ1) is 28.8. The lowest BCUT2D eigenvalue weighted by Crippen LogP contribution is -2.48. The summed E-state index contributed by atoms with van der Waals surface area (Å²) in [5, 5.41) is 21.6. The number of nitrogens with one attached hydrogen (secondary N) is 2. The average molecular weight is 527 g/mol. The fraction of sp³-hybridized carbons (Fsp3) is 0.435. The summed E-state index contributed by atoms with van der Waals surface area (Å²) in [5.74, 6) is -2.62. The SMILES string of the molecule is CCCNCc1ccc(C(=O)NN(c2nc(C#N)ncc2Cl)C2CCCC2)cc1.O=C(O)C(F)(F)F. The van der Waals surface area contributed by atoms with Crippen molar-refractivity contribution in [3.05, 3.63) is 52.4 Å². The molecule has 3 rings (SSSR count). The highest BCUT2D eigenvalue weighted by atomic mass is 35.5. The third-order valence-corrected chi connectivity index (χ3v) is 5.45. The molecule has 2 aromatic rings. The number of aromatic nitrogens is 2. The van der Waals surface area contributed by atoms with E-state index in [0.29, 0.717) is 16.4 Å². The average Bonchev–Trinajstić information content (AvgIpc) is 3.38. The van der Waals surface area contributed by atoms with Gasteiger partial charge in [-0.2, -0.15) is 23.4 Å². The number of carboxylic acids is 1. The van der Waals surface area contributed by atoms with Crippen molar-refractivity contribution in [2.75, 3.05) is 11.6 Å². The van der Waals surface area contributed by atoms with Crippen LogP contribution in [0, 0.1) is 11.3 Å².